The molecule has 1 aromatic heterocycles. The van der Waals surface area contributed by atoms with E-state index in [1.165, 1.54) is 25.7 Å². The third-order valence-corrected chi connectivity index (χ3v) is 6.48. The molecule has 0 radical (unpaired) electrons. The summed E-state index contributed by atoms with van der Waals surface area (Å²) in [6.07, 6.45) is 5.09. The van der Waals surface area contributed by atoms with Crippen molar-refractivity contribution in [1.82, 2.24) is 25.0 Å². The van der Waals surface area contributed by atoms with Crippen LogP contribution < -0.4 is 9.64 Å². The van der Waals surface area contributed by atoms with Crippen molar-refractivity contribution in [1.29, 1.82) is 0 Å². The first kappa shape index (κ1) is 20.6. The minimum atomic E-state index is 0.567. The molecular weight excluding hydrogens is 392 g/mol. The van der Waals surface area contributed by atoms with Crippen LogP contribution in [-0.2, 0) is 11.3 Å². The molecule has 0 unspecified atom stereocenters. The summed E-state index contributed by atoms with van der Waals surface area (Å²) in [5, 5.41) is 9.10. The maximum absolute atomic E-state index is 5.92. The van der Waals surface area contributed by atoms with Gasteiger partial charge in [0, 0.05) is 37.8 Å². The lowest BCUT2D eigenvalue weighted by molar-refractivity contribution is 0.0322. The smallest absolute Gasteiger partial charge is 0.182 e. The molecular formula is C23H32N6O2. The second-order valence-corrected chi connectivity index (χ2v) is 8.80. The van der Waals surface area contributed by atoms with Crippen molar-refractivity contribution in [2.24, 2.45) is 0 Å². The number of aromatic nitrogens is 3. The van der Waals surface area contributed by atoms with Gasteiger partial charge in [-0.3, -0.25) is 9.80 Å². The number of ether oxygens (including phenoxy) is 2. The van der Waals surface area contributed by atoms with Gasteiger partial charge in [0.2, 0.25) is 0 Å². The predicted octanol–water partition coefficient (Wildman–Crippen LogP) is 2.40. The summed E-state index contributed by atoms with van der Waals surface area (Å²) in [5.41, 5.74) is 1.99. The van der Waals surface area contributed by atoms with Crippen LogP contribution in [0.5, 0.6) is 5.75 Å². The van der Waals surface area contributed by atoms with E-state index in [4.69, 9.17) is 14.5 Å². The van der Waals surface area contributed by atoms with Crippen molar-refractivity contribution in [2.45, 2.75) is 38.3 Å². The lowest BCUT2D eigenvalue weighted by atomic mass is 10.1. The first-order valence-electron chi connectivity index (χ1n) is 11.5. The highest BCUT2D eigenvalue weighted by atomic mass is 16.5. The number of anilines is 1. The molecule has 1 saturated carbocycles. The van der Waals surface area contributed by atoms with Crippen LogP contribution in [0.1, 0.15) is 31.4 Å². The van der Waals surface area contributed by atoms with Gasteiger partial charge in [-0.1, -0.05) is 12.8 Å². The highest BCUT2D eigenvalue weighted by molar-refractivity contribution is 5.58. The number of fused-ring (bicyclic) bond motifs is 1. The molecule has 31 heavy (non-hydrogen) atoms. The molecule has 2 fully saturated rings. The highest BCUT2D eigenvalue weighted by Gasteiger charge is 2.31. The number of benzene rings is 1. The van der Waals surface area contributed by atoms with Gasteiger partial charge < -0.3 is 14.4 Å². The van der Waals surface area contributed by atoms with Gasteiger partial charge in [-0.05, 0) is 44.2 Å². The zero-order valence-corrected chi connectivity index (χ0v) is 18.4. The van der Waals surface area contributed by atoms with Gasteiger partial charge >= 0.3 is 0 Å². The Balaban J connectivity index is 1.24. The Kier molecular flexibility index (Phi) is 6.29. The van der Waals surface area contributed by atoms with E-state index in [0.717, 1.165) is 68.9 Å². The van der Waals surface area contributed by atoms with Gasteiger partial charge in [0.25, 0.3) is 0 Å². The summed E-state index contributed by atoms with van der Waals surface area (Å²) in [7, 11) is 2.15. The highest BCUT2D eigenvalue weighted by Crippen LogP contribution is 2.32. The van der Waals surface area contributed by atoms with E-state index >= 15 is 0 Å². The number of nitrogens with zero attached hydrogens (tertiary/aromatic N) is 6. The first-order chi connectivity index (χ1) is 15.3. The van der Waals surface area contributed by atoms with Gasteiger partial charge in [-0.15, -0.1) is 10.2 Å². The molecule has 1 aliphatic carbocycles. The molecule has 2 aromatic rings. The van der Waals surface area contributed by atoms with Gasteiger partial charge in [0.1, 0.15) is 18.1 Å². The van der Waals surface area contributed by atoms with Crippen molar-refractivity contribution in [2.75, 3.05) is 58.1 Å². The van der Waals surface area contributed by atoms with Crippen LogP contribution in [0.4, 0.5) is 5.82 Å². The minimum Gasteiger partial charge on any atom is -0.492 e. The van der Waals surface area contributed by atoms with E-state index in [-0.39, 0.29) is 0 Å². The summed E-state index contributed by atoms with van der Waals surface area (Å²) in [4.78, 5) is 12.0. The van der Waals surface area contributed by atoms with E-state index in [9.17, 15) is 0 Å². The average Bonchev–Trinajstić information content (AvgIpc) is 3.34. The third kappa shape index (κ3) is 4.81. The fourth-order valence-corrected chi connectivity index (χ4v) is 4.76. The number of hydrogen-bond donors (Lipinski definition) is 0. The van der Waals surface area contributed by atoms with Gasteiger partial charge in [0.05, 0.1) is 19.9 Å². The Morgan fingerprint density at radius 1 is 1.06 bits per heavy atom. The number of rotatable bonds is 6. The van der Waals surface area contributed by atoms with Crippen molar-refractivity contribution in [3.8, 4) is 17.1 Å². The molecule has 2 aliphatic heterocycles. The standard InChI is InChI=1S/C23H32N6O2/c1-27-16-21-23(29(17-27)19-4-2-3-5-19)26-25-22(24-21)18-6-8-20(9-7-18)31-15-12-28-10-13-30-14-11-28/h6-9,19H,2-5,10-17H2,1H3. The molecule has 0 amide bonds. The fourth-order valence-electron chi connectivity index (χ4n) is 4.76. The van der Waals surface area contributed by atoms with E-state index in [1.807, 2.05) is 24.3 Å². The predicted molar refractivity (Wildman–Crippen MR) is 119 cm³/mol. The molecule has 0 spiro atoms. The lowest BCUT2D eigenvalue weighted by Crippen LogP contribution is -2.46. The Morgan fingerprint density at radius 2 is 1.84 bits per heavy atom. The molecule has 1 aromatic carbocycles. The molecule has 3 aliphatic rings. The Labute approximate surface area is 184 Å². The maximum Gasteiger partial charge on any atom is 0.182 e. The van der Waals surface area contributed by atoms with Crippen LogP contribution in [-0.4, -0.2) is 84.2 Å². The first-order valence-corrected chi connectivity index (χ1v) is 11.5. The second-order valence-electron chi connectivity index (χ2n) is 8.80. The van der Waals surface area contributed by atoms with Crippen LogP contribution in [0.15, 0.2) is 24.3 Å². The van der Waals surface area contributed by atoms with Gasteiger partial charge in [-0.2, -0.15) is 0 Å². The van der Waals surface area contributed by atoms with Crippen LogP contribution >= 0.6 is 0 Å². The number of hydrogen-bond acceptors (Lipinski definition) is 8. The molecule has 1 saturated heterocycles. The van der Waals surface area contributed by atoms with E-state index in [2.05, 4.69) is 31.9 Å². The van der Waals surface area contributed by atoms with Crippen LogP contribution in [0.25, 0.3) is 11.4 Å². The SMILES string of the molecule is CN1Cc2nc(-c3ccc(OCCN4CCOCC4)cc3)nnc2N(C2CCCC2)C1. The third-order valence-electron chi connectivity index (χ3n) is 6.48. The molecule has 3 heterocycles. The Hall–Kier alpha value is -2.29. The maximum atomic E-state index is 5.92. The van der Waals surface area contributed by atoms with Gasteiger partial charge in [0.15, 0.2) is 11.6 Å². The summed E-state index contributed by atoms with van der Waals surface area (Å²) in [6.45, 7) is 6.92. The summed E-state index contributed by atoms with van der Waals surface area (Å²) >= 11 is 0. The molecule has 5 rings (SSSR count). The van der Waals surface area contributed by atoms with Crippen molar-refractivity contribution >= 4 is 5.82 Å². The molecule has 0 bridgehead atoms. The van der Waals surface area contributed by atoms with Gasteiger partial charge in [-0.25, -0.2) is 4.98 Å². The van der Waals surface area contributed by atoms with Crippen LogP contribution in [0.2, 0.25) is 0 Å². The van der Waals surface area contributed by atoms with Crippen LogP contribution in [0, 0.1) is 0 Å². The molecule has 0 N–H and O–H groups in total. The number of morpholine rings is 1. The van der Waals surface area contributed by atoms with Crippen molar-refractivity contribution in [3.63, 3.8) is 0 Å². The quantitative estimate of drug-likeness (QED) is 0.700. The Bertz CT molecular complexity index is 865. The summed E-state index contributed by atoms with van der Waals surface area (Å²) in [6, 6.07) is 8.60. The van der Waals surface area contributed by atoms with Crippen molar-refractivity contribution < 1.29 is 9.47 Å². The zero-order chi connectivity index (χ0) is 21.0. The fraction of sp³-hybridized carbons (Fsp3) is 0.609. The molecule has 8 nitrogen and oxygen atoms in total. The average molecular weight is 425 g/mol. The topological polar surface area (TPSA) is 66.8 Å². The lowest BCUT2D eigenvalue weighted by Gasteiger charge is -2.38. The van der Waals surface area contributed by atoms with Crippen molar-refractivity contribution in [3.05, 3.63) is 30.0 Å². The van der Waals surface area contributed by atoms with Crippen LogP contribution in [0.3, 0.4) is 0 Å². The zero-order valence-electron chi connectivity index (χ0n) is 18.4. The minimum absolute atomic E-state index is 0.567. The van der Waals surface area contributed by atoms with E-state index in [0.29, 0.717) is 18.5 Å². The Morgan fingerprint density at radius 3 is 2.61 bits per heavy atom. The van der Waals surface area contributed by atoms with E-state index in [1.54, 1.807) is 0 Å². The summed E-state index contributed by atoms with van der Waals surface area (Å²) < 4.78 is 11.3. The molecule has 8 heteroatoms. The largest absolute Gasteiger partial charge is 0.492 e. The second kappa shape index (κ2) is 9.46. The summed E-state index contributed by atoms with van der Waals surface area (Å²) in [5.74, 6) is 2.52. The van der Waals surface area contributed by atoms with E-state index < -0.39 is 0 Å². The normalized spacial score (nSPS) is 20.7. The monoisotopic (exact) mass is 424 g/mol. The molecule has 166 valence electrons. The molecule has 0 atom stereocenters.